The first-order chi connectivity index (χ1) is 17.1. The van der Waals surface area contributed by atoms with E-state index in [9.17, 15) is 4.79 Å². The van der Waals surface area contributed by atoms with Crippen LogP contribution in [0.25, 0.3) is 6.08 Å². The molecular formula is C27H28N4O3S. The molecule has 0 spiro atoms. The highest BCUT2D eigenvalue weighted by atomic mass is 32.2. The Bertz CT molecular complexity index is 1200. The van der Waals surface area contributed by atoms with Crippen molar-refractivity contribution in [3.05, 3.63) is 77.9 Å². The first kappa shape index (κ1) is 24.5. The molecule has 1 N–H and O–H groups in total. The number of hydrazone groups is 1. The van der Waals surface area contributed by atoms with Crippen LogP contribution in [0.4, 0.5) is 0 Å². The Balaban J connectivity index is 1.34. The number of hydrogen-bond acceptors (Lipinski definition) is 6. The Morgan fingerprint density at radius 3 is 2.66 bits per heavy atom. The number of carbonyl (C=O) groups is 1. The molecular weight excluding hydrogens is 460 g/mol. The lowest BCUT2D eigenvalue weighted by atomic mass is 10.1. The summed E-state index contributed by atoms with van der Waals surface area (Å²) in [6.07, 6.45) is 7.17. The summed E-state index contributed by atoms with van der Waals surface area (Å²) in [4.78, 5) is 16.7. The summed E-state index contributed by atoms with van der Waals surface area (Å²) < 4.78 is 11.6. The van der Waals surface area contributed by atoms with E-state index in [1.165, 1.54) is 16.8 Å². The molecule has 7 nitrogen and oxygen atoms in total. The molecule has 2 heterocycles. The number of ether oxygens (including phenoxy) is 2. The van der Waals surface area contributed by atoms with Crippen molar-refractivity contribution in [3.8, 4) is 11.5 Å². The van der Waals surface area contributed by atoms with Gasteiger partial charge in [0.25, 0.3) is 5.91 Å². The fraction of sp³-hybridized carbons (Fsp3) is 0.259. The second-order valence-electron chi connectivity index (χ2n) is 7.98. The largest absolute Gasteiger partial charge is 0.490 e. The Morgan fingerprint density at radius 2 is 1.89 bits per heavy atom. The average molecular weight is 489 g/mol. The molecule has 2 aromatic carbocycles. The molecule has 0 radical (unpaired) electrons. The summed E-state index contributed by atoms with van der Waals surface area (Å²) in [5, 5.41) is 15.8. The van der Waals surface area contributed by atoms with E-state index >= 15 is 0 Å². The highest BCUT2D eigenvalue weighted by Gasteiger charge is 2.35. The Kier molecular flexibility index (Phi) is 8.15. The molecule has 2 aliphatic rings. The van der Waals surface area contributed by atoms with Crippen molar-refractivity contribution in [2.45, 2.75) is 32.6 Å². The van der Waals surface area contributed by atoms with Crippen molar-refractivity contribution in [1.29, 1.82) is 5.41 Å². The summed E-state index contributed by atoms with van der Waals surface area (Å²) in [6.45, 7) is 6.71. The summed E-state index contributed by atoms with van der Waals surface area (Å²) in [7, 11) is 0. The topological polar surface area (TPSA) is 87.3 Å². The number of para-hydroxylation sites is 1. The van der Waals surface area contributed by atoms with Crippen LogP contribution in [-0.4, -0.2) is 40.2 Å². The molecule has 0 atom stereocenters. The smallest absolute Gasteiger partial charge is 0.283 e. The number of carbonyl (C=O) groups excluding carboxylic acids is 1. The molecule has 0 aromatic heterocycles. The van der Waals surface area contributed by atoms with Crippen molar-refractivity contribution in [3.63, 3.8) is 0 Å². The number of hydrogen-bond donors (Lipinski definition) is 1. The fourth-order valence-electron chi connectivity index (χ4n) is 3.57. The van der Waals surface area contributed by atoms with Gasteiger partial charge in [-0.05, 0) is 66.4 Å². The predicted octanol–water partition coefficient (Wildman–Crippen LogP) is 5.68. The predicted molar refractivity (Wildman–Crippen MR) is 142 cm³/mol. The van der Waals surface area contributed by atoms with Gasteiger partial charge >= 0.3 is 0 Å². The summed E-state index contributed by atoms with van der Waals surface area (Å²) in [5.74, 6) is 1.16. The molecule has 0 saturated heterocycles. The standard InChI is InChI=1S/C27H28N4O3S/c1-3-5-11-24-30-31-25(28)22(26(32)29-27(31)35-24)18-19-12-14-21(15-13-19)33-16-17-34-23-10-7-6-9-20(23)8-4-2/h4,6-7,9-10,12-15,18,28H,2-3,5,8,11,16-17H2,1H3/b22-18-,28-25?. The number of benzene rings is 2. The SMILES string of the molecule is C=CCc1ccccc1OCCOc1ccc(/C=C2/C(=N)N3N=C(CCCC)SC3=NC2=O)cc1. The number of thioether (sulfide) groups is 1. The third-order valence-electron chi connectivity index (χ3n) is 5.38. The van der Waals surface area contributed by atoms with Crippen LogP contribution in [0.5, 0.6) is 11.5 Å². The van der Waals surface area contributed by atoms with Crippen molar-refractivity contribution < 1.29 is 14.3 Å². The van der Waals surface area contributed by atoms with Crippen LogP contribution in [0.1, 0.15) is 37.3 Å². The third-order valence-corrected chi connectivity index (χ3v) is 6.35. The Labute approximate surface area is 209 Å². The first-order valence-electron chi connectivity index (χ1n) is 11.6. The van der Waals surface area contributed by atoms with Gasteiger partial charge < -0.3 is 9.47 Å². The van der Waals surface area contributed by atoms with Gasteiger partial charge in [0.2, 0.25) is 5.17 Å². The van der Waals surface area contributed by atoms with Crippen molar-refractivity contribution in [2.24, 2.45) is 10.1 Å². The van der Waals surface area contributed by atoms with Crippen molar-refractivity contribution in [2.75, 3.05) is 13.2 Å². The maximum absolute atomic E-state index is 12.6. The lowest BCUT2D eigenvalue weighted by molar-refractivity contribution is -0.114. The molecule has 0 aliphatic carbocycles. The van der Waals surface area contributed by atoms with E-state index in [0.717, 1.165) is 47.6 Å². The lowest BCUT2D eigenvalue weighted by Crippen LogP contribution is -2.35. The molecule has 2 aliphatic heterocycles. The zero-order valence-electron chi connectivity index (χ0n) is 19.7. The number of fused-ring (bicyclic) bond motifs is 1. The van der Waals surface area contributed by atoms with Crippen LogP contribution in [0.2, 0.25) is 0 Å². The molecule has 4 rings (SSSR count). The van der Waals surface area contributed by atoms with Gasteiger partial charge in [-0.15, -0.1) is 6.58 Å². The quantitative estimate of drug-likeness (QED) is 0.250. The van der Waals surface area contributed by atoms with Gasteiger partial charge in [0.05, 0.1) is 5.57 Å². The summed E-state index contributed by atoms with van der Waals surface area (Å²) in [6, 6.07) is 15.2. The van der Waals surface area contributed by atoms with E-state index in [1.807, 2.05) is 54.6 Å². The number of nitrogens with zero attached hydrogens (tertiary/aromatic N) is 3. The van der Waals surface area contributed by atoms with E-state index in [1.54, 1.807) is 6.08 Å². The molecule has 0 fully saturated rings. The molecule has 8 heteroatoms. The van der Waals surface area contributed by atoms with Crippen molar-refractivity contribution in [1.82, 2.24) is 5.01 Å². The minimum Gasteiger partial charge on any atom is -0.490 e. The second kappa shape index (κ2) is 11.7. The molecule has 1 amide bonds. The number of nitrogens with one attached hydrogen (secondary N) is 1. The van der Waals surface area contributed by atoms with Crippen molar-refractivity contribution >= 4 is 39.8 Å². The third kappa shape index (κ3) is 6.08. The monoisotopic (exact) mass is 488 g/mol. The van der Waals surface area contributed by atoms with Crippen LogP contribution in [0, 0.1) is 5.41 Å². The molecule has 2 aromatic rings. The number of rotatable bonds is 11. The van der Waals surface area contributed by atoms with E-state index in [2.05, 4.69) is 23.6 Å². The van der Waals surface area contributed by atoms with Gasteiger partial charge in [-0.1, -0.05) is 49.8 Å². The van der Waals surface area contributed by atoms with Crippen LogP contribution < -0.4 is 9.47 Å². The Morgan fingerprint density at radius 1 is 1.11 bits per heavy atom. The minimum absolute atomic E-state index is 0.0493. The normalized spacial score (nSPS) is 16.1. The number of aliphatic imine (C=N–C) groups is 1. The molecule has 0 bridgehead atoms. The van der Waals surface area contributed by atoms with Crippen LogP contribution in [-0.2, 0) is 11.2 Å². The minimum atomic E-state index is -0.421. The van der Waals surface area contributed by atoms with E-state index < -0.39 is 5.91 Å². The van der Waals surface area contributed by atoms with Gasteiger partial charge in [0.15, 0.2) is 5.84 Å². The van der Waals surface area contributed by atoms with Gasteiger partial charge in [0.1, 0.15) is 29.8 Å². The van der Waals surface area contributed by atoms with Gasteiger partial charge in [0, 0.05) is 0 Å². The average Bonchev–Trinajstić information content (AvgIpc) is 3.28. The number of amidine groups is 2. The number of amides is 1. The molecule has 35 heavy (non-hydrogen) atoms. The van der Waals surface area contributed by atoms with Gasteiger partial charge in [-0.2, -0.15) is 15.1 Å². The highest BCUT2D eigenvalue weighted by molar-refractivity contribution is 8.26. The van der Waals surface area contributed by atoms with Gasteiger partial charge in [-0.25, -0.2) is 0 Å². The fourth-order valence-corrected chi connectivity index (χ4v) is 4.49. The second-order valence-corrected chi connectivity index (χ2v) is 9.02. The zero-order chi connectivity index (χ0) is 24.6. The van der Waals surface area contributed by atoms with E-state index in [-0.39, 0.29) is 11.4 Å². The molecule has 0 saturated carbocycles. The maximum atomic E-state index is 12.6. The van der Waals surface area contributed by atoms with Crippen LogP contribution in [0.3, 0.4) is 0 Å². The molecule has 0 unspecified atom stereocenters. The maximum Gasteiger partial charge on any atom is 0.283 e. The van der Waals surface area contributed by atoms with E-state index in [4.69, 9.17) is 14.9 Å². The van der Waals surface area contributed by atoms with Crippen LogP contribution in [0.15, 0.2) is 76.9 Å². The number of allylic oxidation sites excluding steroid dienone is 1. The first-order valence-corrected chi connectivity index (χ1v) is 12.4. The number of unbranched alkanes of at least 4 members (excludes halogenated alkanes) is 1. The van der Waals surface area contributed by atoms with Crippen LogP contribution >= 0.6 is 11.8 Å². The Hall–Kier alpha value is -3.65. The summed E-state index contributed by atoms with van der Waals surface area (Å²) in [5.41, 5.74) is 2.09. The van der Waals surface area contributed by atoms with E-state index in [0.29, 0.717) is 24.1 Å². The highest BCUT2D eigenvalue weighted by Crippen LogP contribution is 2.30. The van der Waals surface area contributed by atoms with Gasteiger partial charge in [-0.3, -0.25) is 10.2 Å². The zero-order valence-corrected chi connectivity index (χ0v) is 20.5. The lowest BCUT2D eigenvalue weighted by Gasteiger charge is -2.20. The summed E-state index contributed by atoms with van der Waals surface area (Å²) >= 11 is 1.37. The molecule has 180 valence electrons.